The lowest BCUT2D eigenvalue weighted by molar-refractivity contribution is 0.0171. The van der Waals surface area contributed by atoms with Crippen LogP contribution >= 0.6 is 0 Å². The van der Waals surface area contributed by atoms with E-state index in [2.05, 4.69) is 11.8 Å². The summed E-state index contributed by atoms with van der Waals surface area (Å²) in [5.74, 6) is 5.85. The molecule has 0 aromatic heterocycles. The van der Waals surface area contributed by atoms with Crippen molar-refractivity contribution in [2.45, 2.75) is 32.8 Å². The van der Waals surface area contributed by atoms with E-state index in [1.54, 1.807) is 62.4 Å². The van der Waals surface area contributed by atoms with Gasteiger partial charge in [0.25, 0.3) is 0 Å². The van der Waals surface area contributed by atoms with Gasteiger partial charge in [-0.25, -0.2) is 0 Å². The molecule has 0 unspecified atom stereocenters. The highest BCUT2D eigenvalue weighted by Gasteiger charge is 2.30. The fourth-order valence-electron chi connectivity index (χ4n) is 4.27. The van der Waals surface area contributed by atoms with Crippen LogP contribution in [0.5, 0.6) is 23.0 Å². The van der Waals surface area contributed by atoms with Crippen molar-refractivity contribution in [3.63, 3.8) is 0 Å². The Morgan fingerprint density at radius 2 is 1.12 bits per heavy atom. The number of phenolic OH excluding ortho intramolecular Hbond substituents is 4. The highest BCUT2D eigenvalue weighted by molar-refractivity contribution is 5.98. The molecule has 0 spiro atoms. The number of fused-ring (bicyclic) bond motifs is 2. The highest BCUT2D eigenvalue weighted by atomic mass is 16.5. The van der Waals surface area contributed by atoms with Crippen LogP contribution in [0.25, 0.3) is 21.5 Å². The van der Waals surface area contributed by atoms with Crippen LogP contribution in [0.2, 0.25) is 0 Å². The minimum Gasteiger partial charge on any atom is -0.507 e. The molecule has 33 heavy (non-hydrogen) atoms. The van der Waals surface area contributed by atoms with Crippen molar-refractivity contribution in [2.24, 2.45) is 0 Å². The zero-order chi connectivity index (χ0) is 23.9. The monoisotopic (exact) mass is 442 g/mol. The lowest BCUT2D eigenvalue weighted by Crippen LogP contribution is -2.21. The predicted octanol–water partition coefficient (Wildman–Crippen LogP) is 5.66. The first-order valence-electron chi connectivity index (χ1n) is 10.7. The maximum atomic E-state index is 11.1. The van der Waals surface area contributed by atoms with E-state index < -0.39 is 5.60 Å². The molecule has 4 aromatic carbocycles. The summed E-state index contributed by atoms with van der Waals surface area (Å²) in [6.07, 6.45) is 0.444. The molecule has 0 amide bonds. The van der Waals surface area contributed by atoms with Gasteiger partial charge >= 0.3 is 0 Å². The van der Waals surface area contributed by atoms with Crippen LogP contribution in [0, 0.1) is 11.8 Å². The molecule has 0 fully saturated rings. The fourth-order valence-corrected chi connectivity index (χ4v) is 4.27. The first-order chi connectivity index (χ1) is 15.7. The summed E-state index contributed by atoms with van der Waals surface area (Å²) in [6.45, 7) is 5.42. The number of hydrogen-bond acceptors (Lipinski definition) is 5. The molecule has 0 saturated carbocycles. The highest BCUT2D eigenvalue weighted by Crippen LogP contribution is 2.45. The Morgan fingerprint density at radius 1 is 0.697 bits per heavy atom. The molecule has 0 atom stereocenters. The molecule has 0 saturated heterocycles. The van der Waals surface area contributed by atoms with Crippen LogP contribution in [0.1, 0.15) is 43.0 Å². The largest absolute Gasteiger partial charge is 0.507 e. The van der Waals surface area contributed by atoms with Crippen LogP contribution in [0.15, 0.2) is 48.5 Å². The van der Waals surface area contributed by atoms with Gasteiger partial charge in [-0.2, -0.15) is 0 Å². The van der Waals surface area contributed by atoms with Crippen molar-refractivity contribution < 1.29 is 25.2 Å². The van der Waals surface area contributed by atoms with Gasteiger partial charge < -0.3 is 25.2 Å². The van der Waals surface area contributed by atoms with E-state index in [9.17, 15) is 20.4 Å². The third-order valence-corrected chi connectivity index (χ3v) is 6.20. The van der Waals surface area contributed by atoms with Crippen molar-refractivity contribution in [1.82, 2.24) is 0 Å². The number of hydrogen-bond donors (Lipinski definition) is 4. The minimum absolute atomic E-state index is 0.0270. The van der Waals surface area contributed by atoms with Gasteiger partial charge in [0.15, 0.2) is 0 Å². The molecule has 0 heterocycles. The van der Waals surface area contributed by atoms with Crippen LogP contribution in [0.4, 0.5) is 0 Å². The number of ether oxygens (including phenoxy) is 1. The first kappa shape index (κ1) is 22.3. The molecule has 5 heteroatoms. The first-order valence-corrected chi connectivity index (χ1v) is 10.7. The van der Waals surface area contributed by atoms with Crippen molar-refractivity contribution in [2.75, 3.05) is 7.11 Å². The van der Waals surface area contributed by atoms with Gasteiger partial charge in [0.1, 0.15) is 23.0 Å². The van der Waals surface area contributed by atoms with Gasteiger partial charge in [0, 0.05) is 39.8 Å². The maximum absolute atomic E-state index is 11.1. The second kappa shape index (κ2) is 8.23. The van der Waals surface area contributed by atoms with Crippen LogP contribution in [-0.2, 0) is 16.8 Å². The lowest BCUT2D eigenvalue weighted by atomic mass is 9.87. The fraction of sp³-hybridized carbons (Fsp3) is 0.214. The summed E-state index contributed by atoms with van der Waals surface area (Å²) in [6, 6.07) is 14.0. The molecule has 0 aliphatic rings. The Labute approximate surface area is 192 Å². The summed E-state index contributed by atoms with van der Waals surface area (Å²) in [5, 5.41) is 46.0. The van der Waals surface area contributed by atoms with E-state index >= 15 is 0 Å². The number of benzene rings is 4. The topological polar surface area (TPSA) is 90.2 Å². The molecule has 0 radical (unpaired) electrons. The second-order valence-electron chi connectivity index (χ2n) is 8.41. The third-order valence-electron chi connectivity index (χ3n) is 6.20. The van der Waals surface area contributed by atoms with E-state index in [0.717, 1.165) is 0 Å². The summed E-state index contributed by atoms with van der Waals surface area (Å²) in [4.78, 5) is 0. The van der Waals surface area contributed by atoms with Gasteiger partial charge in [-0.3, -0.25) is 0 Å². The zero-order valence-corrected chi connectivity index (χ0v) is 19.0. The van der Waals surface area contributed by atoms with E-state index in [1.807, 2.05) is 6.92 Å². The Balaban J connectivity index is 2.08. The summed E-state index contributed by atoms with van der Waals surface area (Å²) in [7, 11) is 1.52. The van der Waals surface area contributed by atoms with Gasteiger partial charge in [0.2, 0.25) is 0 Å². The molecule has 0 aliphatic carbocycles. The van der Waals surface area contributed by atoms with Gasteiger partial charge in [-0.1, -0.05) is 67.3 Å². The molecule has 4 rings (SSSR count). The van der Waals surface area contributed by atoms with Crippen molar-refractivity contribution in [3.8, 4) is 34.8 Å². The Morgan fingerprint density at radius 3 is 1.61 bits per heavy atom. The normalized spacial score (nSPS) is 11.5. The SMILES string of the molecule is CCc1c(C#Cc2c(C(C)(C)OC)c(O)c3ccccc3c2O)c(O)c2ccccc2c1O. The third kappa shape index (κ3) is 3.49. The van der Waals surface area contributed by atoms with Crippen LogP contribution in [-0.4, -0.2) is 27.5 Å². The average Bonchev–Trinajstić information content (AvgIpc) is 2.83. The molecule has 168 valence electrons. The summed E-state index contributed by atoms with van der Waals surface area (Å²) >= 11 is 0. The number of phenols is 4. The number of aromatic hydroxyl groups is 4. The van der Waals surface area contributed by atoms with E-state index in [-0.39, 0.29) is 34.1 Å². The molecule has 0 aliphatic heterocycles. The van der Waals surface area contributed by atoms with Crippen LogP contribution < -0.4 is 0 Å². The average molecular weight is 443 g/mol. The molecule has 4 N–H and O–H groups in total. The van der Waals surface area contributed by atoms with Gasteiger partial charge in [-0.15, -0.1) is 0 Å². The van der Waals surface area contributed by atoms with E-state index in [0.29, 0.717) is 39.1 Å². The van der Waals surface area contributed by atoms with E-state index in [4.69, 9.17) is 4.74 Å². The van der Waals surface area contributed by atoms with Crippen LogP contribution in [0.3, 0.4) is 0 Å². The van der Waals surface area contributed by atoms with Gasteiger partial charge in [-0.05, 0) is 20.3 Å². The van der Waals surface area contributed by atoms with Crippen molar-refractivity contribution in [1.29, 1.82) is 0 Å². The standard InChI is InChI=1S/C28H26O5/c1-5-16-21(25(30)18-11-7-6-10-17(18)24(16)29)14-15-22-23(28(2,3)33-4)27(32)20-13-9-8-12-19(20)26(22)31/h6-13,29-32H,5H2,1-4H3. The molecular weight excluding hydrogens is 416 g/mol. The van der Waals surface area contributed by atoms with Crippen molar-refractivity contribution in [3.05, 3.63) is 70.8 Å². The second-order valence-corrected chi connectivity index (χ2v) is 8.41. The molecule has 5 nitrogen and oxygen atoms in total. The summed E-state index contributed by atoms with van der Waals surface area (Å²) < 4.78 is 5.62. The Bertz CT molecular complexity index is 1450. The zero-order valence-electron chi connectivity index (χ0n) is 19.0. The van der Waals surface area contributed by atoms with Gasteiger partial charge in [0.05, 0.1) is 16.7 Å². The molecule has 0 bridgehead atoms. The minimum atomic E-state index is -0.962. The predicted molar refractivity (Wildman–Crippen MR) is 130 cm³/mol. The summed E-state index contributed by atoms with van der Waals surface area (Å²) in [5.41, 5.74) is 0.373. The molecule has 4 aromatic rings. The smallest absolute Gasteiger partial charge is 0.139 e. The van der Waals surface area contributed by atoms with E-state index in [1.165, 1.54) is 7.11 Å². The Kier molecular flexibility index (Phi) is 5.57. The Hall–Kier alpha value is -3.88. The number of methoxy groups -OCH3 is 1. The maximum Gasteiger partial charge on any atom is 0.139 e. The lowest BCUT2D eigenvalue weighted by Gasteiger charge is -2.27. The quantitative estimate of drug-likeness (QED) is 0.243. The molecular formula is C28H26O5. The number of rotatable bonds is 3. The van der Waals surface area contributed by atoms with Crippen molar-refractivity contribution >= 4 is 21.5 Å².